The third-order valence-electron chi connectivity index (χ3n) is 4.37. The van der Waals surface area contributed by atoms with Gasteiger partial charge in [0.1, 0.15) is 5.82 Å². The van der Waals surface area contributed by atoms with E-state index in [2.05, 4.69) is 15.6 Å². The van der Waals surface area contributed by atoms with Gasteiger partial charge in [0.15, 0.2) is 5.96 Å². The first-order valence-corrected chi connectivity index (χ1v) is 9.56. The summed E-state index contributed by atoms with van der Waals surface area (Å²) in [5.41, 5.74) is 0.489. The second kappa shape index (κ2) is 9.76. The molecule has 1 amide bonds. The molecule has 0 radical (unpaired) electrons. The van der Waals surface area contributed by atoms with E-state index < -0.39 is 0 Å². The third-order valence-corrected chi connectivity index (χ3v) is 4.73. The van der Waals surface area contributed by atoms with Crippen molar-refractivity contribution in [2.45, 2.75) is 39.7 Å². The number of carbonyl (C=O) groups excluding carboxylic acids is 1. The predicted molar refractivity (Wildman–Crippen MR) is 104 cm³/mol. The van der Waals surface area contributed by atoms with Gasteiger partial charge in [-0.2, -0.15) is 0 Å². The number of guanidine groups is 1. The predicted octanol–water partition coefficient (Wildman–Crippen LogP) is 2.83. The van der Waals surface area contributed by atoms with Crippen LogP contribution >= 0.6 is 11.6 Å². The van der Waals surface area contributed by atoms with Crippen molar-refractivity contribution in [3.8, 4) is 0 Å². The lowest BCUT2D eigenvalue weighted by Crippen LogP contribution is -2.45. The number of halogens is 2. The van der Waals surface area contributed by atoms with E-state index in [1.165, 1.54) is 6.07 Å². The molecule has 144 valence electrons. The van der Waals surface area contributed by atoms with Gasteiger partial charge in [-0.25, -0.2) is 4.39 Å². The molecule has 1 saturated heterocycles. The summed E-state index contributed by atoms with van der Waals surface area (Å²) in [6, 6.07) is 4.87. The molecule has 0 spiro atoms. The zero-order valence-corrected chi connectivity index (χ0v) is 16.4. The molecule has 0 aromatic heterocycles. The molecule has 0 aliphatic carbocycles. The first-order chi connectivity index (χ1) is 12.4. The summed E-state index contributed by atoms with van der Waals surface area (Å²) < 4.78 is 13.8. The largest absolute Gasteiger partial charge is 0.357 e. The van der Waals surface area contributed by atoms with Crippen LogP contribution < -0.4 is 10.6 Å². The van der Waals surface area contributed by atoms with Gasteiger partial charge in [0.25, 0.3) is 0 Å². The molecular formula is C19H28ClFN4O. The minimum Gasteiger partial charge on any atom is -0.357 e. The van der Waals surface area contributed by atoms with Crippen LogP contribution in [0.3, 0.4) is 0 Å². The van der Waals surface area contributed by atoms with Crippen LogP contribution in [-0.2, 0) is 11.2 Å². The summed E-state index contributed by atoms with van der Waals surface area (Å²) in [5, 5.41) is 7.00. The number of rotatable bonds is 6. The summed E-state index contributed by atoms with van der Waals surface area (Å²) in [6.07, 6.45) is 1.33. The van der Waals surface area contributed by atoms with Crippen LogP contribution in [0.4, 0.5) is 4.39 Å². The maximum atomic E-state index is 13.8. The Morgan fingerprint density at radius 1 is 1.46 bits per heavy atom. The average Bonchev–Trinajstić information content (AvgIpc) is 3.05. The van der Waals surface area contributed by atoms with Crippen molar-refractivity contribution in [1.29, 1.82) is 0 Å². The van der Waals surface area contributed by atoms with Crippen molar-refractivity contribution in [1.82, 2.24) is 15.5 Å². The van der Waals surface area contributed by atoms with Crippen LogP contribution in [0.2, 0.25) is 5.02 Å². The van der Waals surface area contributed by atoms with Crippen LogP contribution in [0, 0.1) is 11.7 Å². The first-order valence-electron chi connectivity index (χ1n) is 9.18. The molecule has 1 unspecified atom stereocenters. The molecule has 1 fully saturated rings. The highest BCUT2D eigenvalue weighted by Crippen LogP contribution is 2.19. The van der Waals surface area contributed by atoms with Crippen molar-refractivity contribution in [2.24, 2.45) is 10.9 Å². The Bertz CT molecular complexity index is 630. The normalized spacial score (nSPS) is 17.7. The van der Waals surface area contributed by atoms with E-state index in [4.69, 9.17) is 11.6 Å². The van der Waals surface area contributed by atoms with E-state index in [0.717, 1.165) is 19.5 Å². The van der Waals surface area contributed by atoms with Crippen LogP contribution in [0.5, 0.6) is 0 Å². The van der Waals surface area contributed by atoms with Gasteiger partial charge < -0.3 is 15.5 Å². The fourth-order valence-corrected chi connectivity index (χ4v) is 3.26. The van der Waals surface area contributed by atoms with Crippen molar-refractivity contribution >= 4 is 23.5 Å². The molecule has 0 saturated carbocycles. The average molecular weight is 383 g/mol. The minimum atomic E-state index is -0.302. The van der Waals surface area contributed by atoms with Crippen LogP contribution in [0.25, 0.3) is 0 Å². The Morgan fingerprint density at radius 3 is 2.88 bits per heavy atom. The van der Waals surface area contributed by atoms with Gasteiger partial charge in [-0.05, 0) is 31.9 Å². The Labute approximate surface area is 160 Å². The summed E-state index contributed by atoms with van der Waals surface area (Å²) in [5.74, 6) is 0.583. The van der Waals surface area contributed by atoms with E-state index in [-0.39, 0.29) is 23.7 Å². The number of aliphatic imine (C=N–C) groups is 1. The molecule has 5 nitrogen and oxygen atoms in total. The maximum absolute atomic E-state index is 13.8. The number of benzene rings is 1. The first kappa shape index (κ1) is 20.5. The van der Waals surface area contributed by atoms with Crippen LogP contribution in [0.15, 0.2) is 23.2 Å². The zero-order chi connectivity index (χ0) is 19.1. The molecule has 7 heteroatoms. The van der Waals surface area contributed by atoms with E-state index in [9.17, 15) is 9.18 Å². The van der Waals surface area contributed by atoms with Gasteiger partial charge >= 0.3 is 0 Å². The summed E-state index contributed by atoms with van der Waals surface area (Å²) >= 11 is 6.06. The van der Waals surface area contributed by atoms with Crippen LogP contribution in [0.1, 0.15) is 32.8 Å². The Hall–Kier alpha value is -1.82. The summed E-state index contributed by atoms with van der Waals surface area (Å²) in [7, 11) is 0. The van der Waals surface area contributed by atoms with Gasteiger partial charge in [0, 0.05) is 48.7 Å². The molecule has 2 N–H and O–H groups in total. The Morgan fingerprint density at radius 2 is 2.23 bits per heavy atom. The second-order valence-electron chi connectivity index (χ2n) is 6.78. The number of nitrogens with one attached hydrogen (secondary N) is 2. The van der Waals surface area contributed by atoms with Crippen molar-refractivity contribution in [3.63, 3.8) is 0 Å². The van der Waals surface area contributed by atoms with Crippen molar-refractivity contribution in [3.05, 3.63) is 34.6 Å². The lowest BCUT2D eigenvalue weighted by atomic mass is 10.1. The van der Waals surface area contributed by atoms with Gasteiger partial charge in [0.05, 0.1) is 0 Å². The van der Waals surface area contributed by atoms with E-state index in [1.807, 2.05) is 25.7 Å². The topological polar surface area (TPSA) is 56.7 Å². The number of likely N-dealkylation sites (tertiary alicyclic amines) is 1. The van der Waals surface area contributed by atoms with Crippen molar-refractivity contribution in [2.75, 3.05) is 26.2 Å². The standard InChI is InChI=1S/C19H28ClFN4O/c1-4-22-19(23-10-8-15-16(20)6-5-7-17(15)21)24-14-9-11-25(12-14)18(26)13(2)3/h5-7,13-14H,4,8-12H2,1-3H3,(H2,22,23,24). The molecule has 0 bridgehead atoms. The molecule has 1 aliphatic rings. The lowest BCUT2D eigenvalue weighted by Gasteiger charge is -2.20. The fraction of sp³-hybridized carbons (Fsp3) is 0.579. The van der Waals surface area contributed by atoms with E-state index >= 15 is 0 Å². The highest BCUT2D eigenvalue weighted by molar-refractivity contribution is 6.31. The summed E-state index contributed by atoms with van der Waals surface area (Å²) in [4.78, 5) is 18.5. The highest BCUT2D eigenvalue weighted by atomic mass is 35.5. The smallest absolute Gasteiger partial charge is 0.225 e. The molecule has 1 heterocycles. The molecule has 1 atom stereocenters. The lowest BCUT2D eigenvalue weighted by molar-refractivity contribution is -0.133. The number of amides is 1. The van der Waals surface area contributed by atoms with Crippen molar-refractivity contribution < 1.29 is 9.18 Å². The van der Waals surface area contributed by atoms with E-state index in [1.54, 1.807) is 12.1 Å². The Kier molecular flexibility index (Phi) is 7.69. The maximum Gasteiger partial charge on any atom is 0.225 e. The monoisotopic (exact) mass is 382 g/mol. The van der Waals surface area contributed by atoms with Crippen LogP contribution in [-0.4, -0.2) is 49.0 Å². The molecular weight excluding hydrogens is 355 g/mol. The number of nitrogens with zero attached hydrogens (tertiary/aromatic N) is 2. The van der Waals surface area contributed by atoms with Gasteiger partial charge in [-0.1, -0.05) is 31.5 Å². The third kappa shape index (κ3) is 5.59. The number of hydrogen-bond donors (Lipinski definition) is 2. The quantitative estimate of drug-likeness (QED) is 0.587. The van der Waals surface area contributed by atoms with Gasteiger partial charge in [0.2, 0.25) is 5.91 Å². The molecule has 26 heavy (non-hydrogen) atoms. The van der Waals surface area contributed by atoms with Gasteiger partial charge in [-0.15, -0.1) is 0 Å². The SMILES string of the molecule is CCNC(=NCCc1c(F)cccc1Cl)NC1CCN(C(=O)C(C)C)C1. The molecule has 1 aromatic rings. The highest BCUT2D eigenvalue weighted by Gasteiger charge is 2.27. The fourth-order valence-electron chi connectivity index (χ4n) is 3.01. The van der Waals surface area contributed by atoms with Gasteiger partial charge in [-0.3, -0.25) is 9.79 Å². The molecule has 1 aliphatic heterocycles. The number of carbonyl (C=O) groups is 1. The number of hydrogen-bond acceptors (Lipinski definition) is 2. The second-order valence-corrected chi connectivity index (χ2v) is 7.19. The van der Waals surface area contributed by atoms with E-state index in [0.29, 0.717) is 36.1 Å². The minimum absolute atomic E-state index is 0.0150. The summed E-state index contributed by atoms with van der Waals surface area (Å²) in [6.45, 7) is 8.43. The molecule has 2 rings (SSSR count). The Balaban J connectivity index is 1.92. The zero-order valence-electron chi connectivity index (χ0n) is 15.7. The molecule has 1 aromatic carbocycles.